The minimum absolute atomic E-state index is 0.128. The van der Waals surface area contributed by atoms with Crippen LogP contribution >= 0.6 is 23.2 Å². The fourth-order valence-corrected chi connectivity index (χ4v) is 6.66. The summed E-state index contributed by atoms with van der Waals surface area (Å²) >= 11 is 11.3. The molecule has 8 aromatic rings. The van der Waals surface area contributed by atoms with Crippen LogP contribution in [-0.4, -0.2) is 0 Å². The van der Waals surface area contributed by atoms with Crippen LogP contribution in [-0.2, 0) is 44.9 Å². The van der Waals surface area contributed by atoms with Crippen LogP contribution in [0.4, 0.5) is 13.2 Å². The van der Waals surface area contributed by atoms with Gasteiger partial charge in [0, 0.05) is 10.0 Å². The van der Waals surface area contributed by atoms with Crippen molar-refractivity contribution in [2.75, 3.05) is 0 Å². The van der Waals surface area contributed by atoms with E-state index in [0.717, 1.165) is 71.7 Å². The lowest BCUT2D eigenvalue weighted by atomic mass is 10.1. The molecule has 490 valence electrons. The van der Waals surface area contributed by atoms with Crippen molar-refractivity contribution in [3.63, 3.8) is 0 Å². The Hall–Kier alpha value is -5.87. The average molecular weight is 1240 g/mol. The number of hydrogen-bond acceptors (Lipinski definition) is 0. The van der Waals surface area contributed by atoms with Crippen molar-refractivity contribution in [3.8, 4) is 0 Å². The summed E-state index contributed by atoms with van der Waals surface area (Å²) in [5, 5.41) is 1.62. The minimum atomic E-state index is -0.160. The molecule has 0 aliphatic rings. The van der Waals surface area contributed by atoms with Crippen molar-refractivity contribution in [2.45, 2.75) is 232 Å². The topological polar surface area (TPSA) is 0 Å². The van der Waals surface area contributed by atoms with E-state index in [1.54, 1.807) is 36.4 Å². The van der Waals surface area contributed by atoms with Gasteiger partial charge in [-0.1, -0.05) is 327 Å². The number of hydrogen-bond donors (Lipinski definition) is 0. The van der Waals surface area contributed by atoms with Gasteiger partial charge in [0.05, 0.1) is 0 Å². The molecule has 87 heavy (non-hydrogen) atoms. The molecule has 0 heterocycles. The van der Waals surface area contributed by atoms with Gasteiger partial charge in [0.25, 0.3) is 0 Å². The maximum atomic E-state index is 12.6. The van der Waals surface area contributed by atoms with Crippen molar-refractivity contribution in [1.29, 1.82) is 0 Å². The van der Waals surface area contributed by atoms with Crippen molar-refractivity contribution in [1.82, 2.24) is 0 Å². The lowest BCUT2D eigenvalue weighted by Crippen LogP contribution is -1.84. The highest BCUT2D eigenvalue weighted by Crippen LogP contribution is 2.11. The third-order valence-electron chi connectivity index (χ3n) is 10.7. The normalized spacial score (nSPS) is 8.32. The summed E-state index contributed by atoms with van der Waals surface area (Å²) in [5.74, 6) is -0.432. The van der Waals surface area contributed by atoms with Gasteiger partial charge in [-0.2, -0.15) is 0 Å². The fourth-order valence-electron chi connectivity index (χ4n) is 6.29. The van der Waals surface area contributed by atoms with Gasteiger partial charge >= 0.3 is 0 Å². The van der Waals surface area contributed by atoms with Gasteiger partial charge in [0.2, 0.25) is 0 Å². The smallest absolute Gasteiger partial charge is 0.123 e. The molecular formula is C82H127Cl2F3. The standard InChI is InChI=1S/C9H11F.2C9H12.C8H9Cl.2C8H9F.C8H10.C7H7Cl.8C2H6/c1-3-8-4-7(2)5-9(10)6-8;1-3-9-6-4-8(2)5-7-9;1-3-9-6-4-5-8(2)7-9;2*1-2-7-3-5-8(9)6-4-7;1-2-7-4-3-5-8(9)6-7;1-2-8-6-4-3-5-7-8;1-6-3-2-4-7(8)5-6;8*1-2/h4-6H,3H2,1-2H3;2*4-7H,3H2,1-2H3;3*3-6H,2H2,1H3;3-7H,2H2,1H3;2-5H,1H3;8*1-2H3. The van der Waals surface area contributed by atoms with Crippen LogP contribution in [0.25, 0.3) is 0 Å². The molecule has 0 aliphatic heterocycles. The Balaban J connectivity index is -0.000000132. The van der Waals surface area contributed by atoms with E-state index in [1.807, 2.05) is 212 Å². The Morgan fingerprint density at radius 1 is 0.218 bits per heavy atom. The third-order valence-corrected chi connectivity index (χ3v) is 11.2. The van der Waals surface area contributed by atoms with E-state index >= 15 is 0 Å². The van der Waals surface area contributed by atoms with Crippen molar-refractivity contribution >= 4 is 23.2 Å². The first kappa shape index (κ1) is 97.4. The van der Waals surface area contributed by atoms with Crippen LogP contribution in [0.3, 0.4) is 0 Å². The highest BCUT2D eigenvalue weighted by atomic mass is 35.5. The molecule has 0 fully saturated rings. The van der Waals surface area contributed by atoms with Crippen LogP contribution in [0, 0.1) is 45.1 Å². The predicted molar refractivity (Wildman–Crippen MR) is 397 cm³/mol. The SMILES string of the molecule is CC.CC.CC.CC.CC.CC.CC.CC.CCc1cc(C)cc(F)c1.CCc1ccc(C)cc1.CCc1ccc(Cl)cc1.CCc1ccc(F)cc1.CCc1cccc(C)c1.CCc1cccc(F)c1.CCc1ccccc1.Cc1cccc(Cl)c1. The Morgan fingerprint density at radius 3 is 0.839 bits per heavy atom. The van der Waals surface area contributed by atoms with Gasteiger partial charge in [-0.05, 0) is 183 Å². The van der Waals surface area contributed by atoms with Crippen molar-refractivity contribution in [2.24, 2.45) is 0 Å². The highest BCUT2D eigenvalue weighted by molar-refractivity contribution is 6.30. The summed E-state index contributed by atoms with van der Waals surface area (Å²) in [4.78, 5) is 0. The molecule has 0 amide bonds. The quantitative estimate of drug-likeness (QED) is 0.149. The molecule has 0 radical (unpaired) electrons. The van der Waals surface area contributed by atoms with E-state index in [-0.39, 0.29) is 17.5 Å². The van der Waals surface area contributed by atoms with Gasteiger partial charge in [0.15, 0.2) is 0 Å². The van der Waals surface area contributed by atoms with Gasteiger partial charge in [-0.3, -0.25) is 0 Å². The summed E-state index contributed by atoms with van der Waals surface area (Å²) < 4.78 is 37.2. The molecule has 0 atom stereocenters. The van der Waals surface area contributed by atoms with Gasteiger partial charge in [-0.15, -0.1) is 0 Å². The molecule has 0 bridgehead atoms. The highest BCUT2D eigenvalue weighted by Gasteiger charge is 1.95. The molecule has 0 aromatic heterocycles. The first-order chi connectivity index (χ1) is 42.1. The van der Waals surface area contributed by atoms with E-state index in [4.69, 9.17) is 23.2 Å². The predicted octanol–water partition coefficient (Wildman–Crippen LogP) is 28.6. The largest absolute Gasteiger partial charge is 0.207 e. The number of rotatable bonds is 7. The van der Waals surface area contributed by atoms with Crippen molar-refractivity contribution < 1.29 is 13.2 Å². The zero-order chi connectivity index (χ0) is 68.8. The van der Waals surface area contributed by atoms with Gasteiger partial charge in [-0.25, -0.2) is 13.2 Å². The molecule has 0 N–H and O–H groups in total. The second-order valence-electron chi connectivity index (χ2n) is 16.8. The van der Waals surface area contributed by atoms with E-state index in [2.05, 4.69) is 114 Å². The summed E-state index contributed by atoms with van der Waals surface area (Å²) in [6.07, 6.45) is 7.27. The second-order valence-corrected chi connectivity index (χ2v) is 17.6. The number of aryl methyl sites for hydroxylation is 11. The lowest BCUT2D eigenvalue weighted by Gasteiger charge is -1.97. The third kappa shape index (κ3) is 63.0. The first-order valence-electron chi connectivity index (χ1n) is 32.9. The molecule has 8 rings (SSSR count). The second kappa shape index (κ2) is 76.2. The Kier molecular flexibility index (Phi) is 85.3. The average Bonchev–Trinajstić information content (AvgIpc) is 3.63. The van der Waals surface area contributed by atoms with Crippen molar-refractivity contribution in [3.05, 3.63) is 283 Å². The summed E-state index contributed by atoms with van der Waals surface area (Å²) in [7, 11) is 0. The number of halogens is 5. The zero-order valence-corrected chi connectivity index (χ0v) is 61.8. The monoisotopic (exact) mass is 1240 g/mol. The van der Waals surface area contributed by atoms with E-state index in [9.17, 15) is 13.2 Å². The Labute approximate surface area is 547 Å². The maximum Gasteiger partial charge on any atom is 0.123 e. The first-order valence-corrected chi connectivity index (χ1v) is 33.7. The van der Waals surface area contributed by atoms with Crippen LogP contribution < -0.4 is 0 Å². The lowest BCUT2D eigenvalue weighted by molar-refractivity contribution is 0.624. The molecule has 0 aliphatic carbocycles. The van der Waals surface area contributed by atoms with Crippen LogP contribution in [0.1, 0.15) is 220 Å². The minimum Gasteiger partial charge on any atom is -0.207 e. The summed E-state index contributed by atoms with van der Waals surface area (Å²) in [5.41, 5.74) is 13.8. The molecule has 0 saturated carbocycles. The molecule has 8 aromatic carbocycles. The van der Waals surface area contributed by atoms with Crippen LogP contribution in [0.15, 0.2) is 194 Å². The fraction of sp³-hybridized carbons (Fsp3) is 0.415. The molecular weight excluding hydrogens is 1110 g/mol. The van der Waals surface area contributed by atoms with E-state index in [0.29, 0.717) is 0 Å². The van der Waals surface area contributed by atoms with E-state index in [1.165, 1.54) is 62.7 Å². The zero-order valence-electron chi connectivity index (χ0n) is 60.3. The van der Waals surface area contributed by atoms with Crippen LogP contribution in [0.2, 0.25) is 10.0 Å². The Bertz CT molecular complexity index is 2360. The molecule has 0 nitrogen and oxygen atoms in total. The number of benzene rings is 8. The van der Waals surface area contributed by atoms with E-state index < -0.39 is 0 Å². The molecule has 0 spiro atoms. The molecule has 0 unspecified atom stereocenters. The maximum absolute atomic E-state index is 12.6. The Morgan fingerprint density at radius 2 is 0.529 bits per heavy atom. The molecule has 0 saturated heterocycles. The summed E-state index contributed by atoms with van der Waals surface area (Å²) in [6.45, 7) is 54.9. The summed E-state index contributed by atoms with van der Waals surface area (Å²) in [6, 6.07) is 61.8. The van der Waals surface area contributed by atoms with Gasteiger partial charge < -0.3 is 0 Å². The van der Waals surface area contributed by atoms with Gasteiger partial charge in [0.1, 0.15) is 17.5 Å². The molecule has 5 heteroatoms. The van der Waals surface area contributed by atoms with Crippen LogP contribution in [0.5, 0.6) is 0 Å².